The summed E-state index contributed by atoms with van der Waals surface area (Å²) in [6, 6.07) is 0. The highest BCUT2D eigenvalue weighted by Crippen LogP contribution is 2.23. The van der Waals surface area contributed by atoms with Crippen LogP contribution in [0.5, 0.6) is 0 Å². The second-order valence-corrected chi connectivity index (χ2v) is 1.78. The highest BCUT2D eigenvalue weighted by Gasteiger charge is 2.30. The van der Waals surface area contributed by atoms with Crippen molar-refractivity contribution in [3.63, 3.8) is 0 Å². The number of aliphatic hydroxyl groups is 1. The smallest absolute Gasteiger partial charge is 0.215 e. The van der Waals surface area contributed by atoms with Gasteiger partial charge in [-0.3, -0.25) is 4.79 Å². The quantitative estimate of drug-likeness (QED) is 0.489. The molecule has 0 aromatic rings. The molecule has 0 bridgehead atoms. The maximum absolute atomic E-state index is 10.6. The summed E-state index contributed by atoms with van der Waals surface area (Å²) in [6.07, 6.45) is 0. The predicted octanol–water partition coefficient (Wildman–Crippen LogP) is 0.114. The Morgan fingerprint density at radius 2 is 2.22 bits per heavy atom. The molecule has 3 heteroatoms. The fourth-order valence-electron chi connectivity index (χ4n) is 0.686. The van der Waals surface area contributed by atoms with Gasteiger partial charge in [0.1, 0.15) is 5.70 Å². The van der Waals surface area contributed by atoms with Crippen molar-refractivity contribution >= 4 is 5.78 Å². The average molecular weight is 125 g/mol. The Labute approximate surface area is 52.7 Å². The summed E-state index contributed by atoms with van der Waals surface area (Å²) in [5.41, 5.74) is 0.458. The number of hydrogen-bond acceptors (Lipinski definition) is 3. The Morgan fingerprint density at radius 1 is 1.67 bits per heavy atom. The van der Waals surface area contributed by atoms with E-state index in [1.807, 2.05) is 0 Å². The van der Waals surface area contributed by atoms with E-state index in [-0.39, 0.29) is 22.8 Å². The topological polar surface area (TPSA) is 49.3 Å². The van der Waals surface area contributed by atoms with Gasteiger partial charge in [-0.15, -0.1) is 0 Å². The molecule has 0 fully saturated rings. The lowest BCUT2D eigenvalue weighted by molar-refractivity contribution is -0.114. The van der Waals surface area contributed by atoms with Crippen LogP contribution in [0, 0.1) is 0 Å². The normalized spacial score (nSPS) is 17.9. The van der Waals surface area contributed by atoms with Gasteiger partial charge in [0.25, 0.3) is 0 Å². The molecule has 0 radical (unpaired) electrons. The molecule has 0 atom stereocenters. The van der Waals surface area contributed by atoms with Crippen molar-refractivity contribution in [2.75, 3.05) is 7.05 Å². The van der Waals surface area contributed by atoms with Gasteiger partial charge in [-0.2, -0.15) is 0 Å². The van der Waals surface area contributed by atoms with Crippen LogP contribution in [0.1, 0.15) is 0 Å². The number of nitrogens with one attached hydrogen (secondary N) is 1. The van der Waals surface area contributed by atoms with Crippen molar-refractivity contribution in [3.8, 4) is 0 Å². The zero-order chi connectivity index (χ0) is 7.02. The lowest BCUT2D eigenvalue weighted by Crippen LogP contribution is -2.29. The second-order valence-electron chi connectivity index (χ2n) is 1.78. The van der Waals surface area contributed by atoms with Gasteiger partial charge in [-0.05, 0) is 0 Å². The summed E-state index contributed by atoms with van der Waals surface area (Å²) in [5, 5.41) is 11.4. The van der Waals surface area contributed by atoms with Gasteiger partial charge in [0.05, 0.1) is 5.57 Å². The molecule has 0 aromatic heterocycles. The molecule has 9 heavy (non-hydrogen) atoms. The number of carbonyl (C=O) groups excluding carboxylic acids is 1. The number of rotatable bonds is 1. The van der Waals surface area contributed by atoms with Crippen LogP contribution in [0.3, 0.4) is 0 Å². The largest absolute Gasteiger partial charge is 0.505 e. The van der Waals surface area contributed by atoms with Gasteiger partial charge in [0.2, 0.25) is 5.78 Å². The summed E-state index contributed by atoms with van der Waals surface area (Å²) in [7, 11) is 1.58. The van der Waals surface area contributed by atoms with E-state index in [2.05, 4.69) is 11.9 Å². The lowest BCUT2D eigenvalue weighted by atomic mass is 9.96. The van der Waals surface area contributed by atoms with Gasteiger partial charge < -0.3 is 10.4 Å². The Bertz CT molecular complexity index is 215. The Balaban J connectivity index is 2.96. The summed E-state index contributed by atoms with van der Waals surface area (Å²) in [5.74, 6) is -0.211. The second kappa shape index (κ2) is 1.62. The monoisotopic (exact) mass is 125 g/mol. The molecular formula is C6H7NO2. The van der Waals surface area contributed by atoms with E-state index in [1.165, 1.54) is 0 Å². The standard InChI is InChI=1S/C6H7NO2/c1-3-5(8)4(7-2)6(3)9/h7-8H,1H2,2H3. The fourth-order valence-corrected chi connectivity index (χ4v) is 0.686. The van der Waals surface area contributed by atoms with Gasteiger partial charge in [-0.1, -0.05) is 6.58 Å². The van der Waals surface area contributed by atoms with Crippen LogP contribution in [0.25, 0.3) is 0 Å². The fraction of sp³-hybridized carbons (Fsp3) is 0.167. The number of aliphatic hydroxyl groups excluding tert-OH is 1. The van der Waals surface area contributed by atoms with E-state index in [9.17, 15) is 4.79 Å². The molecule has 48 valence electrons. The first-order chi connectivity index (χ1) is 4.18. The summed E-state index contributed by atoms with van der Waals surface area (Å²) >= 11 is 0. The zero-order valence-corrected chi connectivity index (χ0v) is 5.06. The number of ketones is 1. The van der Waals surface area contributed by atoms with Gasteiger partial charge >= 0.3 is 0 Å². The first-order valence-corrected chi connectivity index (χ1v) is 2.53. The molecule has 0 aromatic carbocycles. The van der Waals surface area contributed by atoms with E-state index in [4.69, 9.17) is 5.11 Å². The van der Waals surface area contributed by atoms with Crippen molar-refractivity contribution in [2.45, 2.75) is 0 Å². The number of carbonyl (C=O) groups is 1. The highest BCUT2D eigenvalue weighted by atomic mass is 16.3. The summed E-state index contributed by atoms with van der Waals surface area (Å²) < 4.78 is 0. The summed E-state index contributed by atoms with van der Waals surface area (Å²) in [4.78, 5) is 10.6. The third-order valence-corrected chi connectivity index (χ3v) is 1.27. The Hall–Kier alpha value is -1.25. The third-order valence-electron chi connectivity index (χ3n) is 1.27. The molecule has 1 aliphatic rings. The zero-order valence-electron chi connectivity index (χ0n) is 5.06. The molecule has 0 heterocycles. The molecule has 1 rings (SSSR count). The first-order valence-electron chi connectivity index (χ1n) is 2.53. The van der Waals surface area contributed by atoms with Crippen LogP contribution in [-0.4, -0.2) is 17.9 Å². The van der Waals surface area contributed by atoms with Gasteiger partial charge in [0, 0.05) is 7.05 Å². The number of hydrogen-bond donors (Lipinski definition) is 2. The third kappa shape index (κ3) is 0.543. The van der Waals surface area contributed by atoms with Crippen LogP contribution in [0.15, 0.2) is 23.6 Å². The lowest BCUT2D eigenvalue weighted by Gasteiger charge is -2.18. The molecule has 3 nitrogen and oxygen atoms in total. The molecule has 0 unspecified atom stereocenters. The van der Waals surface area contributed by atoms with Crippen molar-refractivity contribution in [3.05, 3.63) is 23.6 Å². The van der Waals surface area contributed by atoms with Crippen LogP contribution in [0.2, 0.25) is 0 Å². The molecule has 0 saturated carbocycles. The van der Waals surface area contributed by atoms with Crippen molar-refractivity contribution < 1.29 is 9.90 Å². The van der Waals surface area contributed by atoms with E-state index in [1.54, 1.807) is 7.05 Å². The van der Waals surface area contributed by atoms with Crippen LogP contribution < -0.4 is 5.32 Å². The maximum Gasteiger partial charge on any atom is 0.215 e. The Kier molecular flexibility index (Phi) is 1.06. The van der Waals surface area contributed by atoms with Crippen LogP contribution in [-0.2, 0) is 4.79 Å². The molecule has 0 saturated heterocycles. The average Bonchev–Trinajstić information content (AvgIpc) is 1.89. The van der Waals surface area contributed by atoms with E-state index in [0.717, 1.165) is 0 Å². The van der Waals surface area contributed by atoms with E-state index in [0.29, 0.717) is 0 Å². The van der Waals surface area contributed by atoms with Crippen LogP contribution >= 0.6 is 0 Å². The Morgan fingerprint density at radius 3 is 2.44 bits per heavy atom. The minimum absolute atomic E-state index is 0.0116. The molecule has 1 aliphatic carbocycles. The predicted molar refractivity (Wildman–Crippen MR) is 32.9 cm³/mol. The van der Waals surface area contributed by atoms with Crippen LogP contribution in [0.4, 0.5) is 0 Å². The van der Waals surface area contributed by atoms with E-state index >= 15 is 0 Å². The number of likely N-dealkylation sites (N-methyl/N-ethyl adjacent to an activating group) is 1. The maximum atomic E-state index is 10.6. The van der Waals surface area contributed by atoms with Crippen molar-refractivity contribution in [1.82, 2.24) is 5.32 Å². The number of allylic oxidation sites excluding steroid dienone is 2. The molecule has 0 amide bonds. The molecule has 0 spiro atoms. The summed E-state index contributed by atoms with van der Waals surface area (Å²) in [6.45, 7) is 3.32. The first kappa shape index (κ1) is 5.88. The number of Topliss-reactive ketones (excluding diaryl/α,β-unsaturated/α-hetero) is 1. The molecular weight excluding hydrogens is 118 g/mol. The van der Waals surface area contributed by atoms with Gasteiger partial charge in [0.15, 0.2) is 5.76 Å². The van der Waals surface area contributed by atoms with Gasteiger partial charge in [-0.25, -0.2) is 0 Å². The van der Waals surface area contributed by atoms with Crippen molar-refractivity contribution in [2.24, 2.45) is 0 Å². The minimum atomic E-state index is -0.199. The molecule has 0 aliphatic heterocycles. The van der Waals surface area contributed by atoms with Crippen molar-refractivity contribution in [1.29, 1.82) is 0 Å². The van der Waals surface area contributed by atoms with E-state index < -0.39 is 0 Å². The highest BCUT2D eigenvalue weighted by molar-refractivity contribution is 6.18. The molecule has 2 N–H and O–H groups in total. The SMILES string of the molecule is C=C1C(=O)C(NC)=C1O. The minimum Gasteiger partial charge on any atom is -0.505 e.